The van der Waals surface area contributed by atoms with Gasteiger partial charge in [-0.25, -0.2) is 0 Å². The molecule has 0 aliphatic heterocycles. The summed E-state index contributed by atoms with van der Waals surface area (Å²) in [6.07, 6.45) is 1.59. The normalized spacial score (nSPS) is 11.5. The van der Waals surface area contributed by atoms with Crippen LogP contribution in [0.2, 0.25) is 0 Å². The minimum absolute atomic E-state index is 0.230. The molecule has 0 aliphatic rings. The topological polar surface area (TPSA) is 104 Å². The van der Waals surface area contributed by atoms with E-state index in [0.717, 1.165) is 16.7 Å². The summed E-state index contributed by atoms with van der Waals surface area (Å²) >= 11 is 0. The molecule has 4 aromatic rings. The maximum Gasteiger partial charge on any atom is 0.305 e. The van der Waals surface area contributed by atoms with Crippen molar-refractivity contribution in [3.05, 3.63) is 119 Å². The van der Waals surface area contributed by atoms with Crippen LogP contribution in [0, 0.1) is 12.3 Å². The van der Waals surface area contributed by atoms with Crippen molar-refractivity contribution in [1.29, 1.82) is 5.41 Å². The van der Waals surface area contributed by atoms with Gasteiger partial charge in [-0.05, 0) is 60.0 Å². The average Bonchev–Trinajstić information content (AvgIpc) is 2.90. The average molecular weight is 496 g/mol. The number of carbonyl (C=O) groups is 2. The van der Waals surface area contributed by atoms with Crippen molar-refractivity contribution in [2.24, 2.45) is 0 Å². The number of aliphatic carboxylic acids is 1. The van der Waals surface area contributed by atoms with Gasteiger partial charge in [0.2, 0.25) is 0 Å². The highest BCUT2D eigenvalue weighted by Crippen LogP contribution is 2.24. The number of amides is 1. The standard InChI is InChI=1S/C30H29N3O4/c1-21-5-7-22(8-6-21)23-9-11-24(12-10-23)27(20-29(34)35)32-30(36)25-13-15-26(16-14-25)37-19-18-33-17-3-2-4-28(33)31/h2-17,27,31H,18-20H2,1H3,(H,32,36)(H,34,35). The SMILES string of the molecule is Cc1ccc(-c2ccc(C(CC(=O)O)NC(=O)c3ccc(OCCn4ccccc4=N)cc3)cc2)cc1. The van der Waals surface area contributed by atoms with Gasteiger partial charge >= 0.3 is 5.97 Å². The summed E-state index contributed by atoms with van der Waals surface area (Å²) in [5.41, 5.74) is 4.80. The highest BCUT2D eigenvalue weighted by atomic mass is 16.5. The van der Waals surface area contributed by atoms with Crippen LogP contribution in [0.25, 0.3) is 11.1 Å². The molecule has 7 nitrogen and oxygen atoms in total. The van der Waals surface area contributed by atoms with Crippen LogP contribution in [0.5, 0.6) is 5.75 Å². The van der Waals surface area contributed by atoms with Crippen LogP contribution >= 0.6 is 0 Å². The molecule has 0 bridgehead atoms. The molecule has 1 amide bonds. The molecule has 0 spiro atoms. The van der Waals surface area contributed by atoms with Crippen molar-refractivity contribution in [2.45, 2.75) is 25.9 Å². The lowest BCUT2D eigenvalue weighted by atomic mass is 9.98. The molecule has 4 rings (SSSR count). The molecule has 1 aromatic heterocycles. The predicted molar refractivity (Wildman–Crippen MR) is 141 cm³/mol. The van der Waals surface area contributed by atoms with E-state index in [0.29, 0.717) is 30.0 Å². The maximum atomic E-state index is 12.9. The number of benzene rings is 3. The molecule has 7 heteroatoms. The third kappa shape index (κ3) is 6.95. The van der Waals surface area contributed by atoms with Crippen LogP contribution in [0.3, 0.4) is 0 Å². The summed E-state index contributed by atoms with van der Waals surface area (Å²) in [6, 6.07) is 27.2. The van der Waals surface area contributed by atoms with Gasteiger partial charge in [0.25, 0.3) is 5.91 Å². The Hall–Kier alpha value is -4.65. The van der Waals surface area contributed by atoms with Gasteiger partial charge in [-0.1, -0.05) is 60.2 Å². The van der Waals surface area contributed by atoms with Crippen LogP contribution in [-0.2, 0) is 11.3 Å². The molecule has 1 heterocycles. The van der Waals surface area contributed by atoms with Crippen LogP contribution in [0.15, 0.2) is 97.2 Å². The third-order valence-corrected chi connectivity index (χ3v) is 6.04. The summed E-state index contributed by atoms with van der Waals surface area (Å²) in [4.78, 5) is 24.4. The van der Waals surface area contributed by atoms with E-state index in [1.54, 1.807) is 34.9 Å². The molecular weight excluding hydrogens is 466 g/mol. The summed E-state index contributed by atoms with van der Waals surface area (Å²) in [5, 5.41) is 20.2. The van der Waals surface area contributed by atoms with E-state index in [-0.39, 0.29) is 12.3 Å². The fourth-order valence-electron chi connectivity index (χ4n) is 3.96. The van der Waals surface area contributed by atoms with Crippen LogP contribution in [0.1, 0.15) is 33.9 Å². The molecule has 188 valence electrons. The number of pyridine rings is 1. The van der Waals surface area contributed by atoms with Crippen molar-refractivity contribution in [3.63, 3.8) is 0 Å². The van der Waals surface area contributed by atoms with E-state index in [4.69, 9.17) is 10.1 Å². The number of nitrogens with one attached hydrogen (secondary N) is 2. The molecule has 3 aromatic carbocycles. The second kappa shape index (κ2) is 11.9. The molecular formula is C30H29N3O4. The molecule has 1 unspecified atom stereocenters. The Morgan fingerprint density at radius 2 is 1.57 bits per heavy atom. The van der Waals surface area contributed by atoms with Crippen LogP contribution in [-0.4, -0.2) is 28.2 Å². The number of hydrogen-bond acceptors (Lipinski definition) is 4. The van der Waals surface area contributed by atoms with E-state index in [1.807, 2.05) is 73.8 Å². The van der Waals surface area contributed by atoms with E-state index in [2.05, 4.69) is 5.32 Å². The maximum absolute atomic E-state index is 12.9. The Bertz CT molecular complexity index is 1410. The molecule has 0 saturated carbocycles. The highest BCUT2D eigenvalue weighted by molar-refractivity contribution is 5.94. The fourth-order valence-corrected chi connectivity index (χ4v) is 3.96. The summed E-state index contributed by atoms with van der Waals surface area (Å²) in [7, 11) is 0. The first kappa shape index (κ1) is 25.4. The van der Waals surface area contributed by atoms with E-state index in [1.165, 1.54) is 5.56 Å². The number of carboxylic acids is 1. The number of hydrogen-bond donors (Lipinski definition) is 3. The summed E-state index contributed by atoms with van der Waals surface area (Å²) in [6.45, 7) is 2.94. The van der Waals surface area contributed by atoms with Crippen molar-refractivity contribution in [2.75, 3.05) is 6.61 Å². The zero-order chi connectivity index (χ0) is 26.2. The lowest BCUT2D eigenvalue weighted by Gasteiger charge is -2.18. The van der Waals surface area contributed by atoms with Crippen LogP contribution < -0.4 is 15.5 Å². The Morgan fingerprint density at radius 3 is 2.19 bits per heavy atom. The number of rotatable bonds is 10. The number of ether oxygens (including phenoxy) is 1. The van der Waals surface area contributed by atoms with Gasteiger partial charge in [0.15, 0.2) is 0 Å². The molecule has 0 fully saturated rings. The third-order valence-electron chi connectivity index (χ3n) is 6.04. The molecule has 0 aliphatic carbocycles. The van der Waals surface area contributed by atoms with Crippen molar-refractivity contribution >= 4 is 11.9 Å². The van der Waals surface area contributed by atoms with E-state index >= 15 is 0 Å². The van der Waals surface area contributed by atoms with Crippen molar-refractivity contribution in [3.8, 4) is 16.9 Å². The first-order chi connectivity index (χ1) is 17.9. The quantitative estimate of drug-likeness (QED) is 0.289. The number of carboxylic acid groups (broad SMARTS) is 1. The highest BCUT2D eigenvalue weighted by Gasteiger charge is 2.19. The van der Waals surface area contributed by atoms with Crippen molar-refractivity contribution in [1.82, 2.24) is 9.88 Å². The Morgan fingerprint density at radius 1 is 0.919 bits per heavy atom. The largest absolute Gasteiger partial charge is 0.492 e. The van der Waals surface area contributed by atoms with Crippen LogP contribution in [0.4, 0.5) is 0 Å². The Kier molecular flexibility index (Phi) is 8.15. The first-order valence-corrected chi connectivity index (χ1v) is 12.0. The predicted octanol–water partition coefficient (Wildman–Crippen LogP) is 4.97. The van der Waals surface area contributed by atoms with Gasteiger partial charge in [0.05, 0.1) is 19.0 Å². The Labute approximate surface area is 215 Å². The number of carbonyl (C=O) groups excluding carboxylic acids is 1. The molecule has 1 atom stereocenters. The van der Waals surface area contributed by atoms with Crippen molar-refractivity contribution < 1.29 is 19.4 Å². The smallest absolute Gasteiger partial charge is 0.305 e. The molecule has 37 heavy (non-hydrogen) atoms. The zero-order valence-electron chi connectivity index (χ0n) is 20.6. The minimum atomic E-state index is -0.996. The molecule has 0 radical (unpaired) electrons. The first-order valence-electron chi connectivity index (χ1n) is 12.0. The van der Waals surface area contributed by atoms with Gasteiger partial charge < -0.3 is 19.7 Å². The number of aromatic nitrogens is 1. The molecule has 3 N–H and O–H groups in total. The summed E-state index contributed by atoms with van der Waals surface area (Å²) in [5.74, 6) is -0.753. The van der Waals surface area contributed by atoms with Gasteiger partial charge in [-0.3, -0.25) is 15.0 Å². The lowest BCUT2D eigenvalue weighted by Crippen LogP contribution is -2.30. The number of nitrogens with zero attached hydrogens (tertiary/aromatic N) is 1. The van der Waals surface area contributed by atoms with E-state index < -0.39 is 12.0 Å². The minimum Gasteiger partial charge on any atom is -0.492 e. The molecule has 0 saturated heterocycles. The van der Waals surface area contributed by atoms with Gasteiger partial charge in [-0.15, -0.1) is 0 Å². The number of aryl methyl sites for hydroxylation is 1. The zero-order valence-corrected chi connectivity index (χ0v) is 20.6. The summed E-state index contributed by atoms with van der Waals surface area (Å²) < 4.78 is 7.52. The second-order valence-electron chi connectivity index (χ2n) is 8.76. The lowest BCUT2D eigenvalue weighted by molar-refractivity contribution is -0.137. The van der Waals surface area contributed by atoms with Gasteiger partial charge in [-0.2, -0.15) is 0 Å². The van der Waals surface area contributed by atoms with Gasteiger partial charge in [0.1, 0.15) is 17.8 Å². The van der Waals surface area contributed by atoms with E-state index in [9.17, 15) is 14.7 Å². The monoisotopic (exact) mass is 495 g/mol. The second-order valence-corrected chi connectivity index (χ2v) is 8.76. The Balaban J connectivity index is 1.39. The van der Waals surface area contributed by atoms with Gasteiger partial charge in [0, 0.05) is 11.8 Å². The fraction of sp³-hybridized carbons (Fsp3) is 0.167.